The van der Waals surface area contributed by atoms with Gasteiger partial charge in [-0.15, -0.1) is 0 Å². The zero-order valence-electron chi connectivity index (χ0n) is 26.4. The van der Waals surface area contributed by atoms with Crippen molar-refractivity contribution < 1.29 is 23.8 Å². The molecule has 39 heavy (non-hydrogen) atoms. The number of rotatable bonds is 10. The van der Waals surface area contributed by atoms with Gasteiger partial charge < -0.3 is 14.2 Å². The van der Waals surface area contributed by atoms with Crippen LogP contribution < -0.4 is 0 Å². The molecule has 0 spiro atoms. The smallest absolute Gasteiger partial charge is 0.311 e. The Bertz CT molecular complexity index is 868. The maximum absolute atomic E-state index is 12.8. The number of ether oxygens (including phenoxy) is 3. The van der Waals surface area contributed by atoms with Gasteiger partial charge in [0.25, 0.3) is 0 Å². The van der Waals surface area contributed by atoms with Crippen molar-refractivity contribution in [2.24, 2.45) is 51.8 Å². The Hall–Kier alpha value is -1.10. The minimum atomic E-state index is -0.455. The second-order valence-corrected chi connectivity index (χ2v) is 15.0. The second kappa shape index (κ2) is 12.0. The van der Waals surface area contributed by atoms with Crippen LogP contribution in [0.2, 0.25) is 0 Å². The third kappa shape index (κ3) is 6.09. The minimum Gasteiger partial charge on any atom is -0.462 e. The van der Waals surface area contributed by atoms with Gasteiger partial charge in [0.05, 0.1) is 5.41 Å². The van der Waals surface area contributed by atoms with Gasteiger partial charge in [0.1, 0.15) is 6.10 Å². The molecule has 0 aliphatic heterocycles. The van der Waals surface area contributed by atoms with Crippen LogP contribution in [0.4, 0.5) is 0 Å². The number of esters is 2. The van der Waals surface area contributed by atoms with Crippen LogP contribution in [-0.2, 0) is 23.8 Å². The highest BCUT2D eigenvalue weighted by atomic mass is 16.7. The van der Waals surface area contributed by atoms with Crippen LogP contribution in [0.3, 0.4) is 0 Å². The summed E-state index contributed by atoms with van der Waals surface area (Å²) >= 11 is 0. The molecule has 0 aromatic carbocycles. The largest absolute Gasteiger partial charge is 0.462 e. The summed E-state index contributed by atoms with van der Waals surface area (Å²) in [6.45, 7) is 17.9. The molecule has 4 saturated carbocycles. The first-order chi connectivity index (χ1) is 18.4. The molecule has 4 rings (SSSR count). The lowest BCUT2D eigenvalue weighted by Crippen LogP contribution is -2.54. The van der Waals surface area contributed by atoms with Gasteiger partial charge in [-0.05, 0) is 145 Å². The fraction of sp³-hybridized carbons (Fsp3) is 0.941. The molecule has 0 amide bonds. The molecule has 0 saturated heterocycles. The molecule has 10 unspecified atom stereocenters. The van der Waals surface area contributed by atoms with Gasteiger partial charge in [0.15, 0.2) is 6.29 Å². The zero-order valence-corrected chi connectivity index (χ0v) is 26.4. The lowest BCUT2D eigenvalue weighted by atomic mass is 9.44. The molecule has 0 radical (unpaired) electrons. The molecule has 0 aromatic rings. The van der Waals surface area contributed by atoms with E-state index in [-0.39, 0.29) is 23.5 Å². The summed E-state index contributed by atoms with van der Waals surface area (Å²) in [6.07, 6.45) is 13.1. The van der Waals surface area contributed by atoms with Gasteiger partial charge in [-0.3, -0.25) is 9.59 Å². The zero-order chi connectivity index (χ0) is 28.6. The van der Waals surface area contributed by atoms with Crippen molar-refractivity contribution in [2.45, 2.75) is 145 Å². The maximum atomic E-state index is 12.8. The summed E-state index contributed by atoms with van der Waals surface area (Å²) in [5, 5.41) is 0. The van der Waals surface area contributed by atoms with E-state index in [9.17, 15) is 9.59 Å². The number of fused-ring (bicyclic) bond motifs is 5. The van der Waals surface area contributed by atoms with Gasteiger partial charge in [-0.2, -0.15) is 0 Å². The normalized spacial score (nSPS) is 39.6. The van der Waals surface area contributed by atoms with Crippen LogP contribution in [0.5, 0.6) is 0 Å². The van der Waals surface area contributed by atoms with E-state index >= 15 is 0 Å². The van der Waals surface area contributed by atoms with Crippen molar-refractivity contribution in [3.05, 3.63) is 0 Å². The predicted octanol–water partition coefficient (Wildman–Crippen LogP) is 8.34. The first kappa shape index (κ1) is 30.8. The molecular formula is C34H58O5. The molecule has 0 bridgehead atoms. The van der Waals surface area contributed by atoms with Crippen molar-refractivity contribution in [3.8, 4) is 0 Å². The molecule has 4 aliphatic carbocycles. The highest BCUT2D eigenvalue weighted by molar-refractivity contribution is 5.76. The molecule has 5 heteroatoms. The minimum absolute atomic E-state index is 0.0103. The molecule has 4 aliphatic rings. The summed E-state index contributed by atoms with van der Waals surface area (Å²) in [6, 6.07) is 0. The van der Waals surface area contributed by atoms with E-state index in [1.165, 1.54) is 44.9 Å². The van der Waals surface area contributed by atoms with Crippen molar-refractivity contribution in [2.75, 3.05) is 6.61 Å². The molecular weight excluding hydrogens is 488 g/mol. The van der Waals surface area contributed by atoms with E-state index in [1.54, 1.807) is 6.92 Å². The van der Waals surface area contributed by atoms with Crippen LogP contribution in [0.1, 0.15) is 132 Å². The topological polar surface area (TPSA) is 61.8 Å². The average Bonchev–Trinajstić information content (AvgIpc) is 3.24. The molecule has 0 aromatic heterocycles. The van der Waals surface area contributed by atoms with Gasteiger partial charge in [-0.1, -0.05) is 27.7 Å². The van der Waals surface area contributed by atoms with Crippen molar-refractivity contribution in [1.82, 2.24) is 0 Å². The third-order valence-electron chi connectivity index (χ3n) is 12.6. The van der Waals surface area contributed by atoms with Crippen molar-refractivity contribution >= 4 is 11.9 Å². The molecule has 4 fully saturated rings. The third-order valence-corrected chi connectivity index (χ3v) is 12.6. The molecule has 10 atom stereocenters. The summed E-state index contributed by atoms with van der Waals surface area (Å²) in [4.78, 5) is 25.2. The van der Waals surface area contributed by atoms with Gasteiger partial charge in [0.2, 0.25) is 0 Å². The number of carbonyl (C=O) groups is 2. The van der Waals surface area contributed by atoms with Gasteiger partial charge in [-0.25, -0.2) is 0 Å². The van der Waals surface area contributed by atoms with E-state index < -0.39 is 6.29 Å². The van der Waals surface area contributed by atoms with E-state index in [2.05, 4.69) is 27.7 Å². The maximum Gasteiger partial charge on any atom is 0.311 e. The van der Waals surface area contributed by atoms with Crippen LogP contribution in [-0.4, -0.2) is 30.9 Å². The monoisotopic (exact) mass is 546 g/mol. The Morgan fingerprint density at radius 3 is 2.31 bits per heavy atom. The molecule has 5 nitrogen and oxygen atoms in total. The van der Waals surface area contributed by atoms with E-state index in [0.717, 1.165) is 43.4 Å². The Kier molecular flexibility index (Phi) is 9.51. The fourth-order valence-electron chi connectivity index (χ4n) is 9.82. The Labute approximate surface area is 238 Å². The van der Waals surface area contributed by atoms with Crippen LogP contribution >= 0.6 is 0 Å². The Morgan fingerprint density at radius 2 is 1.62 bits per heavy atom. The second-order valence-electron chi connectivity index (χ2n) is 15.0. The first-order valence-electron chi connectivity index (χ1n) is 16.4. The molecule has 224 valence electrons. The van der Waals surface area contributed by atoms with Crippen LogP contribution in [0.25, 0.3) is 0 Å². The lowest BCUT2D eigenvalue weighted by Gasteiger charge is -2.61. The highest BCUT2D eigenvalue weighted by Crippen LogP contribution is 2.68. The Morgan fingerprint density at radius 1 is 0.923 bits per heavy atom. The number of carbonyl (C=O) groups excluding carboxylic acids is 2. The van der Waals surface area contributed by atoms with E-state index in [0.29, 0.717) is 41.6 Å². The summed E-state index contributed by atoms with van der Waals surface area (Å²) < 4.78 is 16.9. The van der Waals surface area contributed by atoms with Crippen molar-refractivity contribution in [3.63, 3.8) is 0 Å². The van der Waals surface area contributed by atoms with E-state index in [1.807, 2.05) is 20.8 Å². The SMILES string of the molecule is CCOC(C)OC(=O)CCC(C)C1CCC2C3CCC4CC(OC(=O)C(C)(C)CC)CCC4(C)C3CCC12C. The van der Waals surface area contributed by atoms with Crippen LogP contribution in [0, 0.1) is 51.8 Å². The van der Waals surface area contributed by atoms with Crippen LogP contribution in [0.15, 0.2) is 0 Å². The molecule has 0 N–H and O–H groups in total. The summed E-state index contributed by atoms with van der Waals surface area (Å²) in [5.41, 5.74) is 0.396. The molecule has 0 heterocycles. The summed E-state index contributed by atoms with van der Waals surface area (Å²) in [5.74, 6) is 4.23. The number of hydrogen-bond donors (Lipinski definition) is 0. The Balaban J connectivity index is 1.35. The van der Waals surface area contributed by atoms with Gasteiger partial charge in [0, 0.05) is 13.0 Å². The number of hydrogen-bond acceptors (Lipinski definition) is 5. The highest BCUT2D eigenvalue weighted by Gasteiger charge is 2.60. The summed E-state index contributed by atoms with van der Waals surface area (Å²) in [7, 11) is 0. The quantitative estimate of drug-likeness (QED) is 0.204. The standard InChI is InChI=1S/C34H58O5/c1-9-32(5,6)31(36)39-25-17-19-33(7)24(21-25)12-13-26-28-15-14-27(34(28,8)20-18-29(26)33)22(3)11-16-30(35)38-23(4)37-10-2/h22-29H,9-21H2,1-8H3. The fourth-order valence-corrected chi connectivity index (χ4v) is 9.82. The average molecular weight is 547 g/mol. The predicted molar refractivity (Wildman–Crippen MR) is 155 cm³/mol. The van der Waals surface area contributed by atoms with Crippen molar-refractivity contribution in [1.29, 1.82) is 0 Å². The van der Waals surface area contributed by atoms with E-state index in [4.69, 9.17) is 14.2 Å². The lowest BCUT2D eigenvalue weighted by molar-refractivity contribution is -0.174. The first-order valence-corrected chi connectivity index (χ1v) is 16.4. The van der Waals surface area contributed by atoms with Gasteiger partial charge >= 0.3 is 11.9 Å².